The summed E-state index contributed by atoms with van der Waals surface area (Å²) in [7, 11) is 0. The third-order valence-electron chi connectivity index (χ3n) is 3.89. The van der Waals surface area contributed by atoms with E-state index in [1.54, 1.807) is 29.2 Å². The first-order valence-electron chi connectivity index (χ1n) is 6.33. The summed E-state index contributed by atoms with van der Waals surface area (Å²) < 4.78 is 0. The monoisotopic (exact) mass is 248 g/mol. The van der Waals surface area contributed by atoms with Gasteiger partial charge >= 0.3 is 0 Å². The van der Waals surface area contributed by atoms with Gasteiger partial charge in [-0.2, -0.15) is 0 Å². The molecule has 0 atom stereocenters. The van der Waals surface area contributed by atoms with E-state index in [4.69, 9.17) is 5.73 Å². The maximum atomic E-state index is 12.3. The Hall–Kier alpha value is -1.55. The first-order valence-corrected chi connectivity index (χ1v) is 6.33. The van der Waals surface area contributed by atoms with Crippen LogP contribution in [-0.2, 0) is 0 Å². The van der Waals surface area contributed by atoms with E-state index >= 15 is 0 Å². The Labute approximate surface area is 107 Å². The molecule has 3 N–H and O–H groups in total. The van der Waals surface area contributed by atoms with Gasteiger partial charge in [-0.1, -0.05) is 19.1 Å². The van der Waals surface area contributed by atoms with Crippen LogP contribution in [0.3, 0.4) is 0 Å². The molecular weight excluding hydrogens is 228 g/mol. The number of phenolic OH excluding ortho intramolecular Hbond substituents is 1. The molecule has 0 aliphatic carbocycles. The first kappa shape index (κ1) is 12.9. The lowest BCUT2D eigenvalue weighted by atomic mass is 9.80. The molecule has 0 bridgehead atoms. The summed E-state index contributed by atoms with van der Waals surface area (Å²) >= 11 is 0. The van der Waals surface area contributed by atoms with E-state index in [0.717, 1.165) is 12.8 Å². The molecule has 4 heteroatoms. The molecular formula is C14H20N2O2. The Morgan fingerprint density at radius 2 is 2.00 bits per heavy atom. The van der Waals surface area contributed by atoms with Gasteiger partial charge in [-0.25, -0.2) is 0 Å². The van der Waals surface area contributed by atoms with Crippen LogP contribution in [0.2, 0.25) is 0 Å². The summed E-state index contributed by atoms with van der Waals surface area (Å²) in [5.74, 6) is -0.0400. The van der Waals surface area contributed by atoms with Gasteiger partial charge < -0.3 is 15.7 Å². The van der Waals surface area contributed by atoms with Crippen molar-refractivity contribution in [1.29, 1.82) is 0 Å². The molecule has 1 aromatic rings. The van der Waals surface area contributed by atoms with E-state index in [1.165, 1.54) is 0 Å². The van der Waals surface area contributed by atoms with Crippen LogP contribution >= 0.6 is 0 Å². The second-order valence-corrected chi connectivity index (χ2v) is 5.32. The molecule has 18 heavy (non-hydrogen) atoms. The summed E-state index contributed by atoms with van der Waals surface area (Å²) in [5, 5.41) is 9.69. The number of benzene rings is 1. The highest BCUT2D eigenvalue weighted by Crippen LogP contribution is 2.30. The highest BCUT2D eigenvalue weighted by molar-refractivity contribution is 5.96. The van der Waals surface area contributed by atoms with Crippen LogP contribution in [-0.4, -0.2) is 35.5 Å². The van der Waals surface area contributed by atoms with Gasteiger partial charge in [0.15, 0.2) is 0 Å². The number of hydrogen-bond acceptors (Lipinski definition) is 3. The third kappa shape index (κ3) is 2.48. The van der Waals surface area contributed by atoms with Crippen molar-refractivity contribution in [3.8, 4) is 5.75 Å². The number of para-hydroxylation sites is 1. The molecule has 2 rings (SSSR count). The van der Waals surface area contributed by atoms with Gasteiger partial charge in [0.05, 0.1) is 5.56 Å². The van der Waals surface area contributed by atoms with Gasteiger partial charge in [-0.05, 0) is 36.9 Å². The molecule has 1 aromatic carbocycles. The lowest BCUT2D eigenvalue weighted by Crippen LogP contribution is -2.44. The molecule has 1 aliphatic rings. The highest BCUT2D eigenvalue weighted by Gasteiger charge is 2.31. The van der Waals surface area contributed by atoms with Crippen LogP contribution in [0, 0.1) is 5.41 Å². The standard InChI is InChI=1S/C14H20N2O2/c1-14(10-15)6-8-16(9-7-14)13(18)11-4-2-3-5-12(11)17/h2-5,17H,6-10,15H2,1H3. The fourth-order valence-corrected chi connectivity index (χ4v) is 2.28. The van der Waals surface area contributed by atoms with Crippen LogP contribution in [0.25, 0.3) is 0 Å². The Bertz CT molecular complexity index is 437. The fraction of sp³-hybridized carbons (Fsp3) is 0.500. The van der Waals surface area contributed by atoms with Crippen LogP contribution < -0.4 is 5.73 Å². The van der Waals surface area contributed by atoms with E-state index < -0.39 is 0 Å². The molecule has 0 radical (unpaired) electrons. The number of aromatic hydroxyl groups is 1. The van der Waals surface area contributed by atoms with Crippen molar-refractivity contribution in [1.82, 2.24) is 4.90 Å². The Kier molecular flexibility index (Phi) is 3.57. The van der Waals surface area contributed by atoms with Crippen molar-refractivity contribution >= 4 is 5.91 Å². The minimum Gasteiger partial charge on any atom is -0.507 e. The molecule has 1 aliphatic heterocycles. The predicted octanol–water partition coefficient (Wildman–Crippen LogP) is 1.59. The van der Waals surface area contributed by atoms with Crippen molar-refractivity contribution in [2.24, 2.45) is 11.1 Å². The first-order chi connectivity index (χ1) is 8.56. The van der Waals surface area contributed by atoms with Gasteiger partial charge in [-0.3, -0.25) is 4.79 Å². The summed E-state index contributed by atoms with van der Waals surface area (Å²) in [5.41, 5.74) is 6.28. The Morgan fingerprint density at radius 1 is 1.39 bits per heavy atom. The highest BCUT2D eigenvalue weighted by atomic mass is 16.3. The number of nitrogens with zero attached hydrogens (tertiary/aromatic N) is 1. The number of amides is 1. The molecule has 0 spiro atoms. The van der Waals surface area contributed by atoms with Crippen molar-refractivity contribution in [3.05, 3.63) is 29.8 Å². The molecule has 98 valence electrons. The molecule has 1 saturated heterocycles. The van der Waals surface area contributed by atoms with Crippen molar-refractivity contribution in [2.45, 2.75) is 19.8 Å². The number of carbonyl (C=O) groups is 1. The molecule has 4 nitrogen and oxygen atoms in total. The minimum absolute atomic E-state index is 0.0506. The average molecular weight is 248 g/mol. The lowest BCUT2D eigenvalue weighted by Gasteiger charge is -2.38. The van der Waals surface area contributed by atoms with Crippen molar-refractivity contribution in [3.63, 3.8) is 0 Å². The normalized spacial score (nSPS) is 18.7. The average Bonchev–Trinajstić information content (AvgIpc) is 2.39. The summed E-state index contributed by atoms with van der Waals surface area (Å²) in [4.78, 5) is 14.1. The number of piperidine rings is 1. The van der Waals surface area contributed by atoms with Crippen molar-refractivity contribution < 1.29 is 9.90 Å². The minimum atomic E-state index is -0.0906. The van der Waals surface area contributed by atoms with Crippen LogP contribution in [0.5, 0.6) is 5.75 Å². The second-order valence-electron chi connectivity index (χ2n) is 5.32. The molecule has 1 amide bonds. The quantitative estimate of drug-likeness (QED) is 0.835. The van der Waals surface area contributed by atoms with E-state index in [0.29, 0.717) is 25.2 Å². The van der Waals surface area contributed by atoms with Crippen LogP contribution in [0.4, 0.5) is 0 Å². The topological polar surface area (TPSA) is 66.6 Å². The number of phenols is 1. The summed E-state index contributed by atoms with van der Waals surface area (Å²) in [6, 6.07) is 6.68. The van der Waals surface area contributed by atoms with Gasteiger partial charge in [-0.15, -0.1) is 0 Å². The second kappa shape index (κ2) is 4.98. The zero-order chi connectivity index (χ0) is 13.2. The van der Waals surface area contributed by atoms with Crippen LogP contribution in [0.15, 0.2) is 24.3 Å². The third-order valence-corrected chi connectivity index (χ3v) is 3.89. The fourth-order valence-electron chi connectivity index (χ4n) is 2.28. The number of nitrogens with two attached hydrogens (primary N) is 1. The van der Waals surface area contributed by atoms with Crippen LogP contribution in [0.1, 0.15) is 30.1 Å². The van der Waals surface area contributed by atoms with E-state index in [1.807, 2.05) is 0 Å². The molecule has 0 aromatic heterocycles. The predicted molar refractivity (Wildman–Crippen MR) is 70.4 cm³/mol. The molecule has 1 heterocycles. The Morgan fingerprint density at radius 3 is 2.56 bits per heavy atom. The smallest absolute Gasteiger partial charge is 0.257 e. The lowest BCUT2D eigenvalue weighted by molar-refractivity contribution is 0.0615. The summed E-state index contributed by atoms with van der Waals surface area (Å²) in [6.07, 6.45) is 1.84. The summed E-state index contributed by atoms with van der Waals surface area (Å²) in [6.45, 7) is 4.24. The van der Waals surface area contributed by atoms with Gasteiger partial charge in [0.25, 0.3) is 5.91 Å². The van der Waals surface area contributed by atoms with Gasteiger partial charge in [0, 0.05) is 13.1 Å². The van der Waals surface area contributed by atoms with E-state index in [9.17, 15) is 9.90 Å². The number of likely N-dealkylation sites (tertiary alicyclic amines) is 1. The number of hydrogen-bond donors (Lipinski definition) is 2. The SMILES string of the molecule is CC1(CN)CCN(C(=O)c2ccccc2O)CC1. The zero-order valence-corrected chi connectivity index (χ0v) is 10.7. The molecule has 1 fully saturated rings. The van der Waals surface area contributed by atoms with Gasteiger partial charge in [0.2, 0.25) is 0 Å². The molecule has 0 unspecified atom stereocenters. The van der Waals surface area contributed by atoms with E-state index in [2.05, 4.69) is 6.92 Å². The maximum Gasteiger partial charge on any atom is 0.257 e. The van der Waals surface area contributed by atoms with Gasteiger partial charge in [0.1, 0.15) is 5.75 Å². The zero-order valence-electron chi connectivity index (χ0n) is 10.7. The number of rotatable bonds is 2. The number of carbonyl (C=O) groups excluding carboxylic acids is 1. The largest absolute Gasteiger partial charge is 0.507 e. The Balaban J connectivity index is 2.07. The van der Waals surface area contributed by atoms with Crippen molar-refractivity contribution in [2.75, 3.05) is 19.6 Å². The van der Waals surface area contributed by atoms with E-state index in [-0.39, 0.29) is 17.1 Å². The maximum absolute atomic E-state index is 12.3. The molecule has 0 saturated carbocycles.